The summed E-state index contributed by atoms with van der Waals surface area (Å²) in [6, 6.07) is 7.82. The van der Waals surface area contributed by atoms with Crippen molar-refractivity contribution in [3.63, 3.8) is 0 Å². The Balaban J connectivity index is 2.13. The van der Waals surface area contributed by atoms with Crippen LogP contribution < -0.4 is 5.32 Å². The number of carbonyl (C=O) groups is 1. The molecule has 24 heavy (non-hydrogen) atoms. The van der Waals surface area contributed by atoms with Gasteiger partial charge in [0, 0.05) is 17.1 Å². The summed E-state index contributed by atoms with van der Waals surface area (Å²) in [5.74, 6) is -0.0631. The maximum absolute atomic E-state index is 12.7. The van der Waals surface area contributed by atoms with Gasteiger partial charge in [0.15, 0.2) is 0 Å². The summed E-state index contributed by atoms with van der Waals surface area (Å²) in [6.07, 6.45) is 2.45. The third-order valence-electron chi connectivity index (χ3n) is 4.22. The van der Waals surface area contributed by atoms with Crippen LogP contribution in [-0.4, -0.2) is 27.6 Å². The van der Waals surface area contributed by atoms with Crippen LogP contribution in [0.4, 0.5) is 0 Å². The topological polar surface area (TPSA) is 62.2 Å². The molecule has 2 aromatic rings. The molecule has 1 aromatic heterocycles. The maximum Gasteiger partial charge on any atom is 0.252 e. The smallest absolute Gasteiger partial charge is 0.252 e. The van der Waals surface area contributed by atoms with Gasteiger partial charge in [0.1, 0.15) is 0 Å². The summed E-state index contributed by atoms with van der Waals surface area (Å²) in [7, 11) is 0. The summed E-state index contributed by atoms with van der Waals surface area (Å²) in [6.45, 7) is 9.55. The lowest BCUT2D eigenvalue weighted by molar-refractivity contribution is 0.0674. The fourth-order valence-corrected chi connectivity index (χ4v) is 2.92. The molecule has 0 saturated carbocycles. The van der Waals surface area contributed by atoms with Crippen LogP contribution in [0.5, 0.6) is 0 Å². The quantitative estimate of drug-likeness (QED) is 0.845. The molecule has 0 fully saturated rings. The number of nitrogens with zero attached hydrogens (tertiary/aromatic N) is 1. The van der Waals surface area contributed by atoms with Gasteiger partial charge < -0.3 is 10.4 Å². The van der Waals surface area contributed by atoms with Gasteiger partial charge in [0.2, 0.25) is 0 Å². The lowest BCUT2D eigenvalue weighted by Gasteiger charge is -2.19. The Bertz CT molecular complexity index is 732. The number of pyridine rings is 1. The molecule has 0 unspecified atom stereocenters. The van der Waals surface area contributed by atoms with Gasteiger partial charge in [-0.3, -0.25) is 9.78 Å². The van der Waals surface area contributed by atoms with E-state index in [1.54, 1.807) is 0 Å². The molecule has 4 nitrogen and oxygen atoms in total. The van der Waals surface area contributed by atoms with Crippen molar-refractivity contribution in [2.45, 2.75) is 65.5 Å². The van der Waals surface area contributed by atoms with Gasteiger partial charge >= 0.3 is 0 Å². The number of hydrogen-bond donors (Lipinski definition) is 2. The molecule has 0 spiro atoms. The zero-order valence-corrected chi connectivity index (χ0v) is 15.3. The van der Waals surface area contributed by atoms with Gasteiger partial charge in [-0.25, -0.2) is 0 Å². The summed E-state index contributed by atoms with van der Waals surface area (Å²) in [5, 5.41) is 13.7. The lowest BCUT2D eigenvalue weighted by Crippen LogP contribution is -2.33. The van der Waals surface area contributed by atoms with E-state index >= 15 is 0 Å². The first kappa shape index (κ1) is 18.4. The van der Waals surface area contributed by atoms with Gasteiger partial charge in [-0.2, -0.15) is 0 Å². The molecule has 130 valence electrons. The number of para-hydroxylation sites is 1. The normalized spacial score (nSPS) is 13.1. The van der Waals surface area contributed by atoms with Crippen LogP contribution in [0.25, 0.3) is 10.9 Å². The zero-order valence-electron chi connectivity index (χ0n) is 15.3. The number of hydrogen-bond acceptors (Lipinski definition) is 3. The van der Waals surface area contributed by atoms with Crippen LogP contribution >= 0.6 is 0 Å². The number of fused-ring (bicyclic) bond motifs is 1. The fraction of sp³-hybridized carbons (Fsp3) is 0.500. The van der Waals surface area contributed by atoms with Crippen LogP contribution in [0.1, 0.15) is 61.6 Å². The van der Waals surface area contributed by atoms with Gasteiger partial charge in [0.25, 0.3) is 5.91 Å². The molecule has 0 bridgehead atoms. The van der Waals surface area contributed by atoms with Crippen LogP contribution in [0, 0.1) is 13.8 Å². The van der Waals surface area contributed by atoms with E-state index in [1.165, 1.54) is 0 Å². The average molecular weight is 328 g/mol. The lowest BCUT2D eigenvalue weighted by atomic mass is 9.99. The highest BCUT2D eigenvalue weighted by Crippen LogP contribution is 2.22. The second kappa shape index (κ2) is 7.31. The van der Waals surface area contributed by atoms with E-state index in [9.17, 15) is 9.90 Å². The molecule has 1 heterocycles. The predicted octanol–water partition coefficient (Wildman–Crippen LogP) is 3.91. The van der Waals surface area contributed by atoms with Crippen molar-refractivity contribution < 1.29 is 9.90 Å². The minimum atomic E-state index is -0.653. The molecule has 1 atom stereocenters. The van der Waals surface area contributed by atoms with E-state index in [0.29, 0.717) is 5.56 Å². The average Bonchev–Trinajstić information content (AvgIpc) is 2.46. The number of benzene rings is 1. The minimum absolute atomic E-state index is 0.0631. The van der Waals surface area contributed by atoms with Crippen molar-refractivity contribution in [3.05, 3.63) is 41.1 Å². The van der Waals surface area contributed by atoms with Crippen LogP contribution in [0.3, 0.4) is 0 Å². The number of aliphatic hydroxyl groups is 1. The minimum Gasteiger partial charge on any atom is -0.390 e. The van der Waals surface area contributed by atoms with E-state index < -0.39 is 5.60 Å². The third-order valence-corrected chi connectivity index (χ3v) is 4.22. The van der Waals surface area contributed by atoms with Crippen molar-refractivity contribution >= 4 is 16.8 Å². The number of aromatic nitrogens is 1. The molecule has 1 aromatic carbocycles. The Morgan fingerprint density at radius 2 is 2.04 bits per heavy atom. The summed E-state index contributed by atoms with van der Waals surface area (Å²) in [5.41, 5.74) is 2.83. The number of rotatable bonds is 6. The van der Waals surface area contributed by atoms with Crippen molar-refractivity contribution in [3.8, 4) is 0 Å². The highest BCUT2D eigenvalue weighted by atomic mass is 16.3. The summed E-state index contributed by atoms with van der Waals surface area (Å²) < 4.78 is 0. The molecule has 0 radical (unpaired) electrons. The van der Waals surface area contributed by atoms with Crippen molar-refractivity contribution in [1.29, 1.82) is 0 Å². The monoisotopic (exact) mass is 328 g/mol. The SMILES string of the molecule is Cc1cc(C(=O)N[C@H](C)CCCC(C)(C)O)c2cccc(C)c2n1. The second-order valence-electron chi connectivity index (χ2n) is 7.36. The predicted molar refractivity (Wildman–Crippen MR) is 98.3 cm³/mol. The number of aryl methyl sites for hydroxylation is 2. The highest BCUT2D eigenvalue weighted by Gasteiger charge is 2.16. The number of carbonyl (C=O) groups excluding carboxylic acids is 1. The van der Waals surface area contributed by atoms with E-state index in [2.05, 4.69) is 10.3 Å². The molecule has 0 saturated heterocycles. The van der Waals surface area contributed by atoms with E-state index in [1.807, 2.05) is 58.9 Å². The Morgan fingerprint density at radius 3 is 2.71 bits per heavy atom. The Labute approximate surface area is 144 Å². The number of amides is 1. The van der Waals surface area contributed by atoms with Crippen molar-refractivity contribution in [2.75, 3.05) is 0 Å². The van der Waals surface area contributed by atoms with E-state index in [4.69, 9.17) is 0 Å². The van der Waals surface area contributed by atoms with E-state index in [0.717, 1.165) is 41.4 Å². The largest absolute Gasteiger partial charge is 0.390 e. The maximum atomic E-state index is 12.7. The van der Waals surface area contributed by atoms with Crippen LogP contribution in [0.15, 0.2) is 24.3 Å². The van der Waals surface area contributed by atoms with Gasteiger partial charge in [-0.15, -0.1) is 0 Å². The van der Waals surface area contributed by atoms with Gasteiger partial charge in [-0.1, -0.05) is 18.2 Å². The van der Waals surface area contributed by atoms with Crippen molar-refractivity contribution in [1.82, 2.24) is 10.3 Å². The van der Waals surface area contributed by atoms with E-state index in [-0.39, 0.29) is 11.9 Å². The molecule has 2 rings (SSSR count). The molecule has 0 aliphatic carbocycles. The zero-order chi connectivity index (χ0) is 17.9. The fourth-order valence-electron chi connectivity index (χ4n) is 2.92. The standard InChI is InChI=1S/C20H28N2O2/c1-13-8-6-10-16-17(12-15(3)21-18(13)16)19(23)22-14(2)9-7-11-20(4,5)24/h6,8,10,12,14,24H,7,9,11H2,1-5H3,(H,22,23)/t14-/m1/s1. The molecule has 2 N–H and O–H groups in total. The third kappa shape index (κ3) is 4.78. The van der Waals surface area contributed by atoms with Crippen molar-refractivity contribution in [2.24, 2.45) is 0 Å². The Morgan fingerprint density at radius 1 is 1.33 bits per heavy atom. The highest BCUT2D eigenvalue weighted by molar-refractivity contribution is 6.06. The van der Waals surface area contributed by atoms with Gasteiger partial charge in [0.05, 0.1) is 16.7 Å². The Kier molecular flexibility index (Phi) is 5.60. The Hall–Kier alpha value is -1.94. The first-order valence-corrected chi connectivity index (χ1v) is 8.57. The van der Waals surface area contributed by atoms with Crippen LogP contribution in [-0.2, 0) is 0 Å². The summed E-state index contributed by atoms with van der Waals surface area (Å²) >= 11 is 0. The molecular formula is C20H28N2O2. The second-order valence-corrected chi connectivity index (χ2v) is 7.36. The molecule has 1 amide bonds. The molecule has 0 aliphatic heterocycles. The molecule has 4 heteroatoms. The van der Waals surface area contributed by atoms with Crippen LogP contribution in [0.2, 0.25) is 0 Å². The summed E-state index contributed by atoms with van der Waals surface area (Å²) in [4.78, 5) is 17.3. The first-order chi connectivity index (χ1) is 11.2. The first-order valence-electron chi connectivity index (χ1n) is 8.57. The number of nitrogens with one attached hydrogen (secondary N) is 1. The molecular weight excluding hydrogens is 300 g/mol. The molecule has 0 aliphatic rings. The van der Waals surface area contributed by atoms with Gasteiger partial charge in [-0.05, 0) is 65.5 Å².